The molecule has 16 heteroatoms. The highest BCUT2D eigenvalue weighted by molar-refractivity contribution is 5.82. The molecule has 0 aliphatic carbocycles. The number of imidazole rings is 1. The average Bonchev–Trinajstić information content (AvgIpc) is 3.50. The Morgan fingerprint density at radius 2 is 1.88 bits per heavy atom. The third kappa shape index (κ3) is 5.72. The van der Waals surface area contributed by atoms with Crippen LogP contribution in [0, 0.1) is 27.9 Å². The summed E-state index contributed by atoms with van der Waals surface area (Å²) in [4.78, 5) is 48.5. The van der Waals surface area contributed by atoms with Gasteiger partial charge in [0.2, 0.25) is 11.7 Å². The van der Waals surface area contributed by atoms with Gasteiger partial charge in [0, 0.05) is 31.6 Å². The highest BCUT2D eigenvalue weighted by Crippen LogP contribution is 2.32. The quantitative estimate of drug-likeness (QED) is 0.182. The average molecular weight is 567 g/mol. The summed E-state index contributed by atoms with van der Waals surface area (Å²) in [6.07, 6.45) is -2.89. The molecular formula is C25H26N8O8. The molecule has 2 unspecified atom stereocenters. The van der Waals surface area contributed by atoms with Gasteiger partial charge < -0.3 is 36.1 Å². The second-order valence-corrected chi connectivity index (χ2v) is 9.64. The number of amides is 2. The molecule has 6 N–H and O–H groups in total. The number of nitro groups is 1. The Hall–Kier alpha value is -4.85. The van der Waals surface area contributed by atoms with Crippen LogP contribution in [0.5, 0.6) is 5.75 Å². The highest BCUT2D eigenvalue weighted by atomic mass is 16.6. The van der Waals surface area contributed by atoms with Crippen molar-refractivity contribution >= 4 is 34.7 Å². The molecular weight excluding hydrogens is 540 g/mol. The molecule has 2 aromatic heterocycles. The van der Waals surface area contributed by atoms with E-state index in [-0.39, 0.29) is 40.2 Å². The summed E-state index contributed by atoms with van der Waals surface area (Å²) in [5.74, 6) is 5.62. The van der Waals surface area contributed by atoms with E-state index < -0.39 is 41.5 Å². The molecule has 0 radical (unpaired) electrons. The fourth-order valence-electron chi connectivity index (χ4n) is 4.70. The minimum Gasteiger partial charge on any atom is -0.410 e. The first-order valence-electron chi connectivity index (χ1n) is 12.6. The van der Waals surface area contributed by atoms with E-state index in [0.717, 1.165) is 0 Å². The summed E-state index contributed by atoms with van der Waals surface area (Å²) in [7, 11) is 0. The Bertz CT molecular complexity index is 1540. The van der Waals surface area contributed by atoms with Crippen LogP contribution in [0.25, 0.3) is 11.2 Å². The number of aromatic nitrogens is 4. The van der Waals surface area contributed by atoms with Crippen LogP contribution >= 0.6 is 0 Å². The third-order valence-corrected chi connectivity index (χ3v) is 6.96. The number of likely N-dealkylation sites (tertiary alicyclic amines) is 1. The van der Waals surface area contributed by atoms with Gasteiger partial charge in [0.05, 0.1) is 11.3 Å². The first kappa shape index (κ1) is 27.7. The van der Waals surface area contributed by atoms with Crippen LogP contribution in [0.4, 0.5) is 16.3 Å². The van der Waals surface area contributed by atoms with Crippen molar-refractivity contribution in [2.45, 2.75) is 43.8 Å². The number of non-ortho nitro benzene ring substituents is 1. The van der Waals surface area contributed by atoms with Gasteiger partial charge in [-0.25, -0.2) is 19.7 Å². The fraction of sp³-hybridized carbons (Fsp3) is 0.400. The molecule has 3 aromatic rings. The molecule has 1 aromatic carbocycles. The molecule has 41 heavy (non-hydrogen) atoms. The number of piperidine rings is 1. The number of nitro benzene ring substituents is 1. The van der Waals surface area contributed by atoms with Gasteiger partial charge in [-0.2, -0.15) is 0 Å². The number of ether oxygens (including phenoxy) is 2. The van der Waals surface area contributed by atoms with E-state index in [1.54, 1.807) is 4.90 Å². The van der Waals surface area contributed by atoms with Crippen molar-refractivity contribution < 1.29 is 34.2 Å². The summed E-state index contributed by atoms with van der Waals surface area (Å²) < 4.78 is 12.1. The first-order chi connectivity index (χ1) is 19.6. The summed E-state index contributed by atoms with van der Waals surface area (Å²) in [5, 5.41) is 31.3. The number of carbonyl (C=O) groups excluding carboxylic acids is 2. The number of rotatable bonds is 5. The van der Waals surface area contributed by atoms with Gasteiger partial charge in [-0.3, -0.25) is 19.5 Å². The molecule has 214 valence electrons. The number of aliphatic hydroxyl groups is 2. The Balaban J connectivity index is 1.19. The number of carbonyl (C=O) groups is 2. The fourth-order valence-corrected chi connectivity index (χ4v) is 4.70. The number of anilines is 1. The predicted molar refractivity (Wildman–Crippen MR) is 140 cm³/mol. The number of hydrogen-bond acceptors (Lipinski definition) is 12. The van der Waals surface area contributed by atoms with E-state index in [2.05, 4.69) is 26.8 Å². The van der Waals surface area contributed by atoms with Crippen LogP contribution in [0.1, 0.15) is 31.3 Å². The lowest BCUT2D eigenvalue weighted by atomic mass is 9.94. The monoisotopic (exact) mass is 566 g/mol. The van der Waals surface area contributed by atoms with Crippen LogP contribution in [0.3, 0.4) is 0 Å². The zero-order chi connectivity index (χ0) is 29.3. The van der Waals surface area contributed by atoms with Gasteiger partial charge in [0.25, 0.3) is 5.69 Å². The number of benzene rings is 1. The molecule has 4 heterocycles. The van der Waals surface area contributed by atoms with Gasteiger partial charge in [-0.05, 0) is 36.8 Å². The molecule has 2 saturated heterocycles. The summed E-state index contributed by atoms with van der Waals surface area (Å²) in [6, 6.07) is 5.29. The van der Waals surface area contributed by atoms with E-state index in [0.29, 0.717) is 32.4 Å². The number of nitrogens with zero attached hydrogens (tertiary/aromatic N) is 6. The number of hydrogen-bond donors (Lipinski definition) is 4. The predicted octanol–water partition coefficient (Wildman–Crippen LogP) is 0.0738. The number of primary amides is 1. The van der Waals surface area contributed by atoms with Gasteiger partial charge in [-0.15, -0.1) is 0 Å². The smallest absolute Gasteiger partial charge is 0.410 e. The highest BCUT2D eigenvalue weighted by Gasteiger charge is 2.47. The van der Waals surface area contributed by atoms with Crippen molar-refractivity contribution in [2.75, 3.05) is 18.8 Å². The molecule has 2 aliphatic heterocycles. The van der Waals surface area contributed by atoms with Crippen LogP contribution in [-0.4, -0.2) is 83.0 Å². The molecule has 2 amide bonds. The van der Waals surface area contributed by atoms with Crippen LogP contribution in [0.15, 0.2) is 30.6 Å². The Labute approximate surface area is 232 Å². The van der Waals surface area contributed by atoms with E-state index in [4.69, 9.17) is 20.9 Å². The van der Waals surface area contributed by atoms with E-state index in [1.807, 2.05) is 0 Å². The van der Waals surface area contributed by atoms with Crippen molar-refractivity contribution in [3.63, 3.8) is 0 Å². The molecule has 5 rings (SSSR count). The normalized spacial score (nSPS) is 22.7. The molecule has 2 fully saturated rings. The summed E-state index contributed by atoms with van der Waals surface area (Å²) >= 11 is 0. The number of fused-ring (bicyclic) bond motifs is 1. The van der Waals surface area contributed by atoms with E-state index in [1.165, 1.54) is 35.2 Å². The maximum Gasteiger partial charge on any atom is 0.415 e. The molecule has 0 saturated carbocycles. The Kier molecular flexibility index (Phi) is 7.66. The molecule has 2 aliphatic rings. The molecule has 0 spiro atoms. The van der Waals surface area contributed by atoms with Crippen molar-refractivity contribution in [2.24, 2.45) is 11.7 Å². The van der Waals surface area contributed by atoms with Crippen molar-refractivity contribution in [1.82, 2.24) is 24.4 Å². The lowest BCUT2D eigenvalue weighted by molar-refractivity contribution is -0.384. The lowest BCUT2D eigenvalue weighted by Gasteiger charge is -2.30. The number of nitrogens with two attached hydrogens (primary N) is 2. The van der Waals surface area contributed by atoms with Crippen molar-refractivity contribution in [3.8, 4) is 17.6 Å². The van der Waals surface area contributed by atoms with Gasteiger partial charge in [-0.1, -0.05) is 5.92 Å². The Morgan fingerprint density at radius 3 is 2.51 bits per heavy atom. The molecule has 4 atom stereocenters. The third-order valence-electron chi connectivity index (χ3n) is 6.96. The minimum absolute atomic E-state index is 0.0531. The van der Waals surface area contributed by atoms with Gasteiger partial charge in [0.15, 0.2) is 23.8 Å². The zero-order valence-corrected chi connectivity index (χ0v) is 21.5. The van der Waals surface area contributed by atoms with E-state index in [9.17, 15) is 29.9 Å². The SMILES string of the molecule is NC(=O)[C@H]1O[C@@H](n2cnc3c(N)nc(C#CCC4CCN(C(=O)Oc5ccc([N+](=O)[O-])cc5)CC4)nc32)C(O)C1O. The van der Waals surface area contributed by atoms with E-state index >= 15 is 0 Å². The standard InChI is InChI=1S/C25H26N8O8/c26-21-17-23(32(12-28-17)24-19(35)18(34)20(41-24)22(27)36)30-16(29-21)3-1-2-13-8-10-31(11-9-13)25(37)40-15-6-4-14(5-7-15)33(38)39/h4-7,12-13,18-20,24,34-35H,2,8-11H2,(H2,27,36)(H2,26,29,30)/t18?,19?,20-,24+/m0/s1. The van der Waals surface area contributed by atoms with Crippen molar-refractivity contribution in [3.05, 3.63) is 46.5 Å². The topological polar surface area (TPSA) is 235 Å². The number of nitrogen functional groups attached to an aromatic ring is 1. The summed E-state index contributed by atoms with van der Waals surface area (Å²) in [5.41, 5.74) is 11.6. The molecule has 0 bridgehead atoms. The van der Waals surface area contributed by atoms with Crippen LogP contribution < -0.4 is 16.2 Å². The molecule has 16 nitrogen and oxygen atoms in total. The van der Waals surface area contributed by atoms with Gasteiger partial charge in [0.1, 0.15) is 23.5 Å². The minimum atomic E-state index is -1.52. The number of aliphatic hydroxyl groups excluding tert-OH is 2. The largest absolute Gasteiger partial charge is 0.415 e. The maximum absolute atomic E-state index is 12.5. The van der Waals surface area contributed by atoms with Crippen LogP contribution in [0.2, 0.25) is 0 Å². The van der Waals surface area contributed by atoms with Gasteiger partial charge >= 0.3 is 6.09 Å². The second-order valence-electron chi connectivity index (χ2n) is 9.64. The first-order valence-corrected chi connectivity index (χ1v) is 12.6. The zero-order valence-electron chi connectivity index (χ0n) is 21.5. The second kappa shape index (κ2) is 11.3. The van der Waals surface area contributed by atoms with Crippen LogP contribution in [-0.2, 0) is 9.53 Å². The lowest BCUT2D eigenvalue weighted by Crippen LogP contribution is -2.40. The van der Waals surface area contributed by atoms with Crippen molar-refractivity contribution in [1.29, 1.82) is 0 Å². The maximum atomic E-state index is 12.5. The summed E-state index contributed by atoms with van der Waals surface area (Å²) in [6.45, 7) is 0.934. The Morgan fingerprint density at radius 1 is 1.17 bits per heavy atom.